The van der Waals surface area contributed by atoms with Crippen molar-refractivity contribution in [2.45, 2.75) is 32.6 Å². The predicted octanol–water partition coefficient (Wildman–Crippen LogP) is 9.30. The summed E-state index contributed by atoms with van der Waals surface area (Å²) in [6.45, 7) is 7.13. The summed E-state index contributed by atoms with van der Waals surface area (Å²) < 4.78 is 0. The standard InChI is InChI=1S/C29H31Cl6N3/c1-20-15-23(36(13-9-30)14-10-31)5-6-24(20)29-37(18-21-3-7-25(32)27(34)16-21)11-2-12-38(29)19-22-4-8-26(33)28(35)17-22/h3-8,15-17,29H,2,9-14,18-19H2,1H3. The SMILES string of the molecule is Cc1cc(N(CCCl)CCCl)ccc1C1N(Cc2ccc(Cl)c(Cl)c2)CCCN1Cc1ccc(Cl)c(Cl)c1. The van der Waals surface area contributed by atoms with Gasteiger partial charge in [0.1, 0.15) is 0 Å². The lowest BCUT2D eigenvalue weighted by atomic mass is 9.99. The van der Waals surface area contributed by atoms with E-state index >= 15 is 0 Å². The highest BCUT2D eigenvalue weighted by atomic mass is 35.5. The van der Waals surface area contributed by atoms with Gasteiger partial charge >= 0.3 is 0 Å². The van der Waals surface area contributed by atoms with E-state index in [0.29, 0.717) is 31.9 Å². The minimum Gasteiger partial charge on any atom is -0.369 e. The van der Waals surface area contributed by atoms with E-state index in [1.54, 1.807) is 0 Å². The molecule has 38 heavy (non-hydrogen) atoms. The molecule has 1 fully saturated rings. The highest BCUT2D eigenvalue weighted by Gasteiger charge is 2.32. The van der Waals surface area contributed by atoms with E-state index in [-0.39, 0.29) is 6.17 Å². The molecule has 1 aliphatic heterocycles. The largest absolute Gasteiger partial charge is 0.369 e. The van der Waals surface area contributed by atoms with Gasteiger partial charge < -0.3 is 4.90 Å². The highest BCUT2D eigenvalue weighted by Crippen LogP contribution is 2.36. The average molecular weight is 634 g/mol. The Morgan fingerprint density at radius 3 is 1.68 bits per heavy atom. The lowest BCUT2D eigenvalue weighted by Gasteiger charge is -2.45. The minimum atomic E-state index is 0.0659. The first-order chi connectivity index (χ1) is 18.3. The van der Waals surface area contributed by atoms with Crippen LogP contribution in [0.3, 0.4) is 0 Å². The number of anilines is 1. The fraction of sp³-hybridized carbons (Fsp3) is 0.379. The van der Waals surface area contributed by atoms with Crippen molar-refractivity contribution in [3.63, 3.8) is 0 Å². The van der Waals surface area contributed by atoms with Gasteiger partial charge in [0.15, 0.2) is 0 Å². The zero-order valence-corrected chi connectivity index (χ0v) is 25.8. The number of hydrogen-bond donors (Lipinski definition) is 0. The summed E-state index contributed by atoms with van der Waals surface area (Å²) in [4.78, 5) is 7.26. The van der Waals surface area contributed by atoms with Gasteiger partial charge in [-0.15, -0.1) is 23.2 Å². The van der Waals surface area contributed by atoms with Gasteiger partial charge in [-0.2, -0.15) is 0 Å². The van der Waals surface area contributed by atoms with Gasteiger partial charge in [-0.1, -0.05) is 64.6 Å². The summed E-state index contributed by atoms with van der Waals surface area (Å²) in [5.74, 6) is 1.10. The van der Waals surface area contributed by atoms with Gasteiger partial charge in [0, 0.05) is 56.7 Å². The Balaban J connectivity index is 1.70. The Morgan fingerprint density at radius 1 is 0.711 bits per heavy atom. The maximum absolute atomic E-state index is 6.36. The first-order valence-corrected chi connectivity index (χ1v) is 15.2. The first kappa shape index (κ1) is 30.1. The van der Waals surface area contributed by atoms with E-state index < -0.39 is 0 Å². The number of hydrogen-bond acceptors (Lipinski definition) is 3. The Morgan fingerprint density at radius 2 is 1.24 bits per heavy atom. The fourth-order valence-electron chi connectivity index (χ4n) is 5.14. The van der Waals surface area contributed by atoms with Gasteiger partial charge in [0.05, 0.1) is 26.3 Å². The van der Waals surface area contributed by atoms with Crippen LogP contribution in [0.5, 0.6) is 0 Å². The monoisotopic (exact) mass is 631 g/mol. The molecule has 1 aliphatic rings. The molecule has 0 aromatic heterocycles. The van der Waals surface area contributed by atoms with E-state index in [9.17, 15) is 0 Å². The smallest absolute Gasteiger partial charge is 0.0894 e. The molecule has 4 rings (SSSR count). The van der Waals surface area contributed by atoms with E-state index in [1.807, 2.05) is 24.3 Å². The minimum absolute atomic E-state index is 0.0659. The van der Waals surface area contributed by atoms with Crippen molar-refractivity contribution >= 4 is 75.3 Å². The molecular weight excluding hydrogens is 603 g/mol. The molecule has 3 aromatic rings. The van der Waals surface area contributed by atoms with Crippen LogP contribution in [-0.2, 0) is 13.1 Å². The molecule has 3 nitrogen and oxygen atoms in total. The van der Waals surface area contributed by atoms with Gasteiger partial charge in [-0.05, 0) is 72.0 Å². The summed E-state index contributed by atoms with van der Waals surface area (Å²) in [5.41, 5.74) is 5.89. The molecule has 204 valence electrons. The lowest BCUT2D eigenvalue weighted by Crippen LogP contribution is -2.47. The maximum Gasteiger partial charge on any atom is 0.0894 e. The van der Waals surface area contributed by atoms with Crippen molar-refractivity contribution in [2.75, 3.05) is 42.8 Å². The normalized spacial score (nSPS) is 15.2. The van der Waals surface area contributed by atoms with Crippen molar-refractivity contribution in [1.29, 1.82) is 0 Å². The van der Waals surface area contributed by atoms with Crippen molar-refractivity contribution in [1.82, 2.24) is 9.80 Å². The quantitative estimate of drug-likeness (QED) is 0.206. The van der Waals surface area contributed by atoms with Crippen LogP contribution in [-0.4, -0.2) is 47.7 Å². The molecule has 0 N–H and O–H groups in total. The van der Waals surface area contributed by atoms with Gasteiger partial charge in [0.25, 0.3) is 0 Å². The Kier molecular flexibility index (Phi) is 11.2. The third kappa shape index (κ3) is 7.44. The van der Waals surface area contributed by atoms with Crippen LogP contribution < -0.4 is 4.90 Å². The van der Waals surface area contributed by atoms with Crippen molar-refractivity contribution in [3.8, 4) is 0 Å². The highest BCUT2D eigenvalue weighted by molar-refractivity contribution is 6.42. The Hall–Kier alpha value is -0.880. The molecule has 0 atom stereocenters. The Bertz CT molecular complexity index is 1170. The van der Waals surface area contributed by atoms with Crippen molar-refractivity contribution < 1.29 is 0 Å². The molecule has 0 bridgehead atoms. The lowest BCUT2D eigenvalue weighted by molar-refractivity contribution is -0.00944. The van der Waals surface area contributed by atoms with E-state index in [4.69, 9.17) is 69.6 Å². The van der Waals surface area contributed by atoms with E-state index in [0.717, 1.165) is 62.5 Å². The van der Waals surface area contributed by atoms with Crippen LogP contribution in [0.1, 0.15) is 34.8 Å². The molecule has 0 radical (unpaired) electrons. The molecule has 9 heteroatoms. The molecule has 0 aliphatic carbocycles. The summed E-state index contributed by atoms with van der Waals surface area (Å²) >= 11 is 37.3. The van der Waals surface area contributed by atoms with Crippen LogP contribution in [0.4, 0.5) is 5.69 Å². The maximum atomic E-state index is 6.36. The van der Waals surface area contributed by atoms with Crippen molar-refractivity contribution in [3.05, 3.63) is 96.9 Å². The summed E-state index contributed by atoms with van der Waals surface area (Å²) in [5, 5.41) is 2.28. The molecular formula is C29H31Cl6N3. The number of nitrogens with zero attached hydrogens (tertiary/aromatic N) is 3. The molecule has 3 aromatic carbocycles. The molecule has 1 heterocycles. The third-order valence-corrected chi connectivity index (χ3v) is 8.74. The second-order valence-corrected chi connectivity index (χ2v) is 12.0. The Labute approximate surface area is 256 Å². The van der Waals surface area contributed by atoms with Gasteiger partial charge in [-0.3, -0.25) is 9.80 Å². The zero-order valence-electron chi connectivity index (χ0n) is 21.2. The second kappa shape index (κ2) is 14.1. The topological polar surface area (TPSA) is 9.72 Å². The second-order valence-electron chi connectivity index (χ2n) is 9.57. The fourth-order valence-corrected chi connectivity index (χ4v) is 6.19. The summed E-state index contributed by atoms with van der Waals surface area (Å²) in [7, 11) is 0. The molecule has 1 saturated heterocycles. The number of aryl methyl sites for hydroxylation is 1. The molecule has 0 spiro atoms. The van der Waals surface area contributed by atoms with Crippen LogP contribution in [0.2, 0.25) is 20.1 Å². The molecule has 0 saturated carbocycles. The number of halogens is 6. The third-order valence-electron chi connectivity index (χ3n) is 6.93. The molecule has 0 unspecified atom stereocenters. The van der Waals surface area contributed by atoms with Crippen molar-refractivity contribution in [2.24, 2.45) is 0 Å². The van der Waals surface area contributed by atoms with E-state index in [1.165, 1.54) is 11.1 Å². The summed E-state index contributed by atoms with van der Waals surface area (Å²) in [6, 6.07) is 18.4. The predicted molar refractivity (Wildman–Crippen MR) is 166 cm³/mol. The van der Waals surface area contributed by atoms with Gasteiger partial charge in [-0.25, -0.2) is 0 Å². The van der Waals surface area contributed by atoms with Gasteiger partial charge in [0.2, 0.25) is 0 Å². The van der Waals surface area contributed by atoms with Crippen LogP contribution in [0.15, 0.2) is 54.6 Å². The number of rotatable bonds is 10. The van der Waals surface area contributed by atoms with Crippen LogP contribution >= 0.6 is 69.6 Å². The van der Waals surface area contributed by atoms with Crippen LogP contribution in [0, 0.1) is 6.92 Å². The number of alkyl halides is 2. The number of benzene rings is 3. The molecule has 0 amide bonds. The first-order valence-electron chi connectivity index (χ1n) is 12.6. The zero-order chi connectivity index (χ0) is 27.2. The van der Waals surface area contributed by atoms with Crippen LogP contribution in [0.25, 0.3) is 0 Å². The average Bonchev–Trinajstić information content (AvgIpc) is 2.89. The summed E-state index contributed by atoms with van der Waals surface area (Å²) in [6.07, 6.45) is 1.12. The van der Waals surface area contributed by atoms with E-state index in [2.05, 4.69) is 52.0 Å².